The zero-order chi connectivity index (χ0) is 7.72. The molecular formula is C9H15N. The molecule has 0 spiro atoms. The van der Waals surface area contributed by atoms with Gasteiger partial charge in [0, 0.05) is 18.8 Å². The summed E-state index contributed by atoms with van der Waals surface area (Å²) in [5.74, 6) is 0. The molecule has 1 aliphatic heterocycles. The molecule has 0 fully saturated rings. The lowest BCUT2D eigenvalue weighted by Gasteiger charge is -2.29. The van der Waals surface area contributed by atoms with Gasteiger partial charge in [0.15, 0.2) is 0 Å². The largest absolute Gasteiger partial charge is 0.372 e. The topological polar surface area (TPSA) is 3.24 Å². The Hall–Kier alpha value is -0.720. The first-order valence-corrected chi connectivity index (χ1v) is 3.71. The average molecular weight is 137 g/mol. The van der Waals surface area contributed by atoms with Gasteiger partial charge in [0.1, 0.15) is 0 Å². The van der Waals surface area contributed by atoms with E-state index in [1.54, 1.807) is 0 Å². The molecule has 1 aliphatic rings. The lowest BCUT2D eigenvalue weighted by atomic mass is 10.1. The Kier molecular flexibility index (Phi) is 1.84. The van der Waals surface area contributed by atoms with Crippen LogP contribution in [0.15, 0.2) is 23.4 Å². The van der Waals surface area contributed by atoms with E-state index < -0.39 is 0 Å². The van der Waals surface area contributed by atoms with Gasteiger partial charge >= 0.3 is 0 Å². The van der Waals surface area contributed by atoms with Crippen LogP contribution in [-0.2, 0) is 0 Å². The van der Waals surface area contributed by atoms with Gasteiger partial charge in [-0.2, -0.15) is 0 Å². The van der Waals surface area contributed by atoms with Crippen LogP contribution in [0.4, 0.5) is 0 Å². The van der Waals surface area contributed by atoms with Crippen molar-refractivity contribution < 1.29 is 0 Å². The van der Waals surface area contributed by atoms with Gasteiger partial charge in [0.05, 0.1) is 0 Å². The van der Waals surface area contributed by atoms with Crippen molar-refractivity contribution in [1.82, 2.24) is 4.90 Å². The van der Waals surface area contributed by atoms with E-state index in [1.165, 1.54) is 11.3 Å². The summed E-state index contributed by atoms with van der Waals surface area (Å²) in [6.45, 7) is 6.50. The average Bonchev–Trinajstić information content (AvgIpc) is 1.82. The highest BCUT2D eigenvalue weighted by Crippen LogP contribution is 2.16. The number of allylic oxidation sites excluding steroid dienone is 3. The molecule has 0 N–H and O–H groups in total. The molecular weight excluding hydrogens is 122 g/mol. The number of rotatable bonds is 0. The predicted molar refractivity (Wildman–Crippen MR) is 44.7 cm³/mol. The van der Waals surface area contributed by atoms with Crippen molar-refractivity contribution >= 4 is 0 Å². The minimum atomic E-state index is 0.560. The van der Waals surface area contributed by atoms with Gasteiger partial charge in [-0.1, -0.05) is 11.6 Å². The van der Waals surface area contributed by atoms with Crippen LogP contribution >= 0.6 is 0 Å². The van der Waals surface area contributed by atoms with Crippen LogP contribution in [0.1, 0.15) is 20.8 Å². The van der Waals surface area contributed by atoms with E-state index in [9.17, 15) is 0 Å². The van der Waals surface area contributed by atoms with Crippen molar-refractivity contribution in [2.45, 2.75) is 26.8 Å². The van der Waals surface area contributed by atoms with Gasteiger partial charge in [-0.15, -0.1) is 0 Å². The van der Waals surface area contributed by atoms with Gasteiger partial charge in [-0.05, 0) is 26.8 Å². The summed E-state index contributed by atoms with van der Waals surface area (Å²) in [6.07, 6.45) is 4.48. The molecule has 0 saturated heterocycles. The third-order valence-corrected chi connectivity index (χ3v) is 2.11. The Morgan fingerprint density at radius 1 is 1.40 bits per heavy atom. The Bertz CT molecular complexity index is 189. The van der Waals surface area contributed by atoms with Crippen molar-refractivity contribution in [2.75, 3.05) is 7.05 Å². The molecule has 0 aliphatic carbocycles. The Labute approximate surface area is 63.0 Å². The maximum absolute atomic E-state index is 2.27. The molecule has 0 aromatic rings. The lowest BCUT2D eigenvalue weighted by molar-refractivity contribution is 0.367. The van der Waals surface area contributed by atoms with Crippen LogP contribution in [0, 0.1) is 0 Å². The Morgan fingerprint density at radius 3 is 2.50 bits per heavy atom. The monoisotopic (exact) mass is 137 g/mol. The zero-order valence-electron chi connectivity index (χ0n) is 7.18. The van der Waals surface area contributed by atoms with Gasteiger partial charge < -0.3 is 4.90 Å². The lowest BCUT2D eigenvalue weighted by Crippen LogP contribution is -2.27. The fraction of sp³-hybridized carbons (Fsp3) is 0.556. The van der Waals surface area contributed by atoms with E-state index in [4.69, 9.17) is 0 Å². The zero-order valence-corrected chi connectivity index (χ0v) is 7.18. The van der Waals surface area contributed by atoms with Crippen LogP contribution in [0.2, 0.25) is 0 Å². The van der Waals surface area contributed by atoms with Gasteiger partial charge in [0.25, 0.3) is 0 Å². The van der Waals surface area contributed by atoms with Crippen molar-refractivity contribution in [3.05, 3.63) is 23.4 Å². The van der Waals surface area contributed by atoms with E-state index in [-0.39, 0.29) is 0 Å². The summed E-state index contributed by atoms with van der Waals surface area (Å²) in [6, 6.07) is 0.560. The smallest absolute Gasteiger partial charge is 0.0444 e. The van der Waals surface area contributed by atoms with Gasteiger partial charge in [0.2, 0.25) is 0 Å². The van der Waals surface area contributed by atoms with Crippen LogP contribution in [0.3, 0.4) is 0 Å². The first-order valence-electron chi connectivity index (χ1n) is 3.71. The highest BCUT2D eigenvalue weighted by atomic mass is 15.1. The fourth-order valence-corrected chi connectivity index (χ4v) is 1.29. The van der Waals surface area contributed by atoms with Crippen LogP contribution in [0.25, 0.3) is 0 Å². The summed E-state index contributed by atoms with van der Waals surface area (Å²) in [4.78, 5) is 2.27. The van der Waals surface area contributed by atoms with Crippen LogP contribution in [0.5, 0.6) is 0 Å². The van der Waals surface area contributed by atoms with Gasteiger partial charge in [-0.3, -0.25) is 0 Å². The molecule has 1 unspecified atom stereocenters. The molecule has 56 valence electrons. The standard InChI is InChI=1S/C9H15N/c1-7-5-8(2)10(4)9(3)6-7/h5-6,8H,1-4H3. The van der Waals surface area contributed by atoms with E-state index in [0.29, 0.717) is 6.04 Å². The molecule has 1 nitrogen and oxygen atoms in total. The quantitative estimate of drug-likeness (QED) is 0.494. The molecule has 0 aromatic heterocycles. The first kappa shape index (κ1) is 7.39. The summed E-state index contributed by atoms with van der Waals surface area (Å²) in [5.41, 5.74) is 2.73. The van der Waals surface area contributed by atoms with E-state index in [2.05, 4.69) is 44.9 Å². The van der Waals surface area contributed by atoms with E-state index in [0.717, 1.165) is 0 Å². The Morgan fingerprint density at radius 2 is 2.00 bits per heavy atom. The molecule has 1 heteroatoms. The molecule has 1 atom stereocenters. The summed E-state index contributed by atoms with van der Waals surface area (Å²) >= 11 is 0. The second kappa shape index (κ2) is 2.49. The normalized spacial score (nSPS) is 26.0. The molecule has 0 saturated carbocycles. The van der Waals surface area contributed by atoms with Crippen molar-refractivity contribution in [3.63, 3.8) is 0 Å². The maximum Gasteiger partial charge on any atom is 0.0444 e. The molecule has 0 amide bonds. The van der Waals surface area contributed by atoms with Crippen molar-refractivity contribution in [1.29, 1.82) is 0 Å². The number of nitrogens with zero attached hydrogens (tertiary/aromatic N) is 1. The van der Waals surface area contributed by atoms with E-state index in [1.807, 2.05) is 0 Å². The second-order valence-corrected chi connectivity index (χ2v) is 3.05. The third kappa shape index (κ3) is 1.23. The first-order chi connectivity index (χ1) is 4.61. The number of hydrogen-bond acceptors (Lipinski definition) is 1. The minimum Gasteiger partial charge on any atom is -0.372 e. The minimum absolute atomic E-state index is 0.560. The second-order valence-electron chi connectivity index (χ2n) is 3.05. The fourth-order valence-electron chi connectivity index (χ4n) is 1.29. The Balaban J connectivity index is 2.85. The molecule has 1 rings (SSSR count). The predicted octanol–water partition coefficient (Wildman–Crippen LogP) is 2.17. The van der Waals surface area contributed by atoms with Crippen LogP contribution < -0.4 is 0 Å². The highest BCUT2D eigenvalue weighted by molar-refractivity contribution is 5.26. The van der Waals surface area contributed by atoms with E-state index >= 15 is 0 Å². The molecule has 10 heavy (non-hydrogen) atoms. The van der Waals surface area contributed by atoms with Crippen molar-refractivity contribution in [3.8, 4) is 0 Å². The third-order valence-electron chi connectivity index (χ3n) is 2.11. The summed E-state index contributed by atoms with van der Waals surface area (Å²) < 4.78 is 0. The molecule has 0 aromatic carbocycles. The van der Waals surface area contributed by atoms with Crippen molar-refractivity contribution in [2.24, 2.45) is 0 Å². The molecule has 0 radical (unpaired) electrons. The maximum atomic E-state index is 2.27. The number of hydrogen-bond donors (Lipinski definition) is 0. The molecule has 1 heterocycles. The molecule has 0 bridgehead atoms. The van der Waals surface area contributed by atoms with Gasteiger partial charge in [-0.25, -0.2) is 0 Å². The summed E-state index contributed by atoms with van der Waals surface area (Å²) in [5, 5.41) is 0. The van der Waals surface area contributed by atoms with Crippen LogP contribution in [-0.4, -0.2) is 18.0 Å². The summed E-state index contributed by atoms with van der Waals surface area (Å²) in [7, 11) is 2.12. The SMILES string of the molecule is CC1=CC(C)N(C)C(C)=C1. The number of likely N-dealkylation sites (N-methyl/N-ethyl adjacent to an activating group) is 1. The highest BCUT2D eigenvalue weighted by Gasteiger charge is 2.10.